The van der Waals surface area contributed by atoms with E-state index in [0.29, 0.717) is 12.3 Å². The fourth-order valence-corrected chi connectivity index (χ4v) is 2.70. The van der Waals surface area contributed by atoms with Crippen LogP contribution in [0.3, 0.4) is 0 Å². The second-order valence-corrected chi connectivity index (χ2v) is 6.31. The van der Waals surface area contributed by atoms with Gasteiger partial charge in [-0.05, 0) is 25.0 Å². The normalized spacial score (nSPS) is 11.2. The monoisotopic (exact) mass is 340 g/mol. The molecule has 7 nitrogen and oxygen atoms in total. The van der Waals surface area contributed by atoms with Crippen molar-refractivity contribution in [1.82, 2.24) is 19.9 Å². The molecule has 3 aromatic rings. The maximum atomic E-state index is 12.7. The average Bonchev–Trinajstić information content (AvgIpc) is 2.93. The second kappa shape index (κ2) is 6.88. The van der Waals surface area contributed by atoms with Crippen molar-refractivity contribution in [3.05, 3.63) is 58.1 Å². The van der Waals surface area contributed by atoms with E-state index in [1.165, 1.54) is 10.9 Å². The number of pyridine rings is 1. The molecule has 0 aliphatic carbocycles. The van der Waals surface area contributed by atoms with Gasteiger partial charge in [-0.3, -0.25) is 19.1 Å². The Hall–Kier alpha value is -2.96. The number of carbonyl (C=O) groups excluding carboxylic acids is 1. The smallest absolute Gasteiger partial charge is 0.265 e. The van der Waals surface area contributed by atoms with E-state index in [0.717, 1.165) is 5.69 Å². The highest BCUT2D eigenvalue weighted by Crippen LogP contribution is 2.21. The predicted molar refractivity (Wildman–Crippen MR) is 93.3 cm³/mol. The number of aryl methyl sites for hydroxylation is 1. The van der Waals surface area contributed by atoms with Crippen molar-refractivity contribution < 1.29 is 9.21 Å². The summed E-state index contributed by atoms with van der Waals surface area (Å²) in [6.07, 6.45) is 3.12. The van der Waals surface area contributed by atoms with Crippen molar-refractivity contribution in [3.8, 4) is 0 Å². The average molecular weight is 340 g/mol. The molecule has 0 saturated heterocycles. The van der Waals surface area contributed by atoms with Crippen LogP contribution in [0.1, 0.15) is 35.7 Å². The maximum absolute atomic E-state index is 12.7. The van der Waals surface area contributed by atoms with Gasteiger partial charge in [0.05, 0.1) is 17.8 Å². The number of rotatable bonds is 5. The van der Waals surface area contributed by atoms with Gasteiger partial charge in [0.1, 0.15) is 17.5 Å². The fourth-order valence-electron chi connectivity index (χ4n) is 2.70. The predicted octanol–water partition coefficient (Wildman–Crippen LogP) is 2.28. The Morgan fingerprint density at radius 1 is 1.32 bits per heavy atom. The molecular formula is C18H20N4O3. The van der Waals surface area contributed by atoms with Crippen LogP contribution in [0.4, 0.5) is 0 Å². The summed E-state index contributed by atoms with van der Waals surface area (Å²) in [4.78, 5) is 33.7. The van der Waals surface area contributed by atoms with Crippen LogP contribution in [-0.4, -0.2) is 20.4 Å². The van der Waals surface area contributed by atoms with Gasteiger partial charge in [0.15, 0.2) is 0 Å². The molecule has 3 rings (SSSR count). The summed E-state index contributed by atoms with van der Waals surface area (Å²) in [7, 11) is 0. The molecule has 0 spiro atoms. The summed E-state index contributed by atoms with van der Waals surface area (Å²) in [5, 5.41) is 3.01. The lowest BCUT2D eigenvalue weighted by atomic mass is 10.1. The number of carbonyl (C=O) groups is 1. The van der Waals surface area contributed by atoms with E-state index >= 15 is 0 Å². The zero-order valence-corrected chi connectivity index (χ0v) is 14.4. The van der Waals surface area contributed by atoms with Crippen LogP contribution in [-0.2, 0) is 13.1 Å². The first-order valence-corrected chi connectivity index (χ1v) is 8.14. The third-order valence-corrected chi connectivity index (χ3v) is 3.80. The van der Waals surface area contributed by atoms with Crippen LogP contribution in [0.15, 0.2) is 39.9 Å². The zero-order valence-electron chi connectivity index (χ0n) is 14.4. The van der Waals surface area contributed by atoms with Crippen molar-refractivity contribution in [1.29, 1.82) is 0 Å². The minimum atomic E-state index is -0.372. The van der Waals surface area contributed by atoms with Crippen molar-refractivity contribution in [2.75, 3.05) is 0 Å². The van der Waals surface area contributed by atoms with Crippen LogP contribution in [0.5, 0.6) is 0 Å². The van der Waals surface area contributed by atoms with E-state index in [-0.39, 0.29) is 40.6 Å². The lowest BCUT2D eigenvalue weighted by molar-refractivity contribution is 0.0950. The summed E-state index contributed by atoms with van der Waals surface area (Å²) in [5.41, 5.74) is 0.891. The molecule has 3 aromatic heterocycles. The Balaban J connectivity index is 1.96. The first-order valence-electron chi connectivity index (χ1n) is 8.14. The number of hydrogen-bond donors (Lipinski definition) is 1. The van der Waals surface area contributed by atoms with E-state index < -0.39 is 0 Å². The zero-order chi connectivity index (χ0) is 18.0. The molecular weight excluding hydrogens is 320 g/mol. The molecule has 0 atom stereocenters. The molecule has 0 aliphatic heterocycles. The molecule has 0 aromatic carbocycles. The van der Waals surface area contributed by atoms with Gasteiger partial charge in [-0.2, -0.15) is 0 Å². The summed E-state index contributed by atoms with van der Waals surface area (Å²) < 4.78 is 7.02. The molecule has 0 bridgehead atoms. The van der Waals surface area contributed by atoms with E-state index in [2.05, 4.69) is 15.3 Å². The fraction of sp³-hybridized carbons (Fsp3) is 0.333. The summed E-state index contributed by atoms with van der Waals surface area (Å²) in [6.45, 7) is 6.48. The van der Waals surface area contributed by atoms with Gasteiger partial charge in [0, 0.05) is 12.7 Å². The molecule has 0 radical (unpaired) electrons. The third kappa shape index (κ3) is 3.45. The van der Waals surface area contributed by atoms with Crippen LogP contribution < -0.4 is 10.9 Å². The number of nitrogens with zero attached hydrogens (tertiary/aromatic N) is 3. The van der Waals surface area contributed by atoms with E-state index in [1.54, 1.807) is 13.1 Å². The minimum Gasteiger partial charge on any atom is -0.442 e. The number of fused-ring (bicyclic) bond motifs is 1. The molecule has 0 saturated carbocycles. The van der Waals surface area contributed by atoms with Gasteiger partial charge >= 0.3 is 0 Å². The van der Waals surface area contributed by atoms with Crippen molar-refractivity contribution in [2.45, 2.75) is 33.9 Å². The van der Waals surface area contributed by atoms with Gasteiger partial charge in [0.25, 0.3) is 11.5 Å². The first-order chi connectivity index (χ1) is 12.0. The highest BCUT2D eigenvalue weighted by Gasteiger charge is 2.22. The Kier molecular flexibility index (Phi) is 4.65. The van der Waals surface area contributed by atoms with Gasteiger partial charge in [-0.15, -0.1) is 0 Å². The third-order valence-electron chi connectivity index (χ3n) is 3.80. The van der Waals surface area contributed by atoms with Crippen LogP contribution in [0.25, 0.3) is 11.1 Å². The van der Waals surface area contributed by atoms with Crippen molar-refractivity contribution in [3.63, 3.8) is 0 Å². The topological polar surface area (TPSA) is 90.0 Å². The second-order valence-electron chi connectivity index (χ2n) is 6.31. The standard InChI is InChI=1S/C18H20N4O3/c1-11(2)9-22-10-21-17-15(18(22)24)14(12(3)25-17)16(23)20-8-13-6-4-5-7-19-13/h4-7,10-11H,8-9H2,1-3H3,(H,20,23). The molecule has 0 fully saturated rings. The summed E-state index contributed by atoms with van der Waals surface area (Å²) in [5.74, 6) is 0.287. The first kappa shape index (κ1) is 16.9. The minimum absolute atomic E-state index is 0.186. The van der Waals surface area contributed by atoms with Gasteiger partial charge in [0.2, 0.25) is 5.71 Å². The van der Waals surface area contributed by atoms with Crippen LogP contribution in [0, 0.1) is 12.8 Å². The van der Waals surface area contributed by atoms with E-state index in [4.69, 9.17) is 4.42 Å². The van der Waals surface area contributed by atoms with Gasteiger partial charge in [-0.25, -0.2) is 4.98 Å². The number of aromatic nitrogens is 3. The Bertz CT molecular complexity index is 958. The highest BCUT2D eigenvalue weighted by atomic mass is 16.3. The van der Waals surface area contributed by atoms with Crippen molar-refractivity contribution >= 4 is 17.0 Å². The SMILES string of the molecule is Cc1oc2ncn(CC(C)C)c(=O)c2c1C(=O)NCc1ccccn1. The Morgan fingerprint density at radius 3 is 2.80 bits per heavy atom. The maximum Gasteiger partial charge on any atom is 0.265 e. The number of nitrogens with one attached hydrogen (secondary N) is 1. The van der Waals surface area contributed by atoms with Crippen molar-refractivity contribution in [2.24, 2.45) is 5.92 Å². The van der Waals surface area contributed by atoms with Gasteiger partial charge in [-0.1, -0.05) is 19.9 Å². The quantitative estimate of drug-likeness (QED) is 0.769. The lowest BCUT2D eigenvalue weighted by Crippen LogP contribution is -2.27. The molecule has 3 heterocycles. The van der Waals surface area contributed by atoms with Crippen LogP contribution >= 0.6 is 0 Å². The molecule has 7 heteroatoms. The number of amides is 1. The summed E-state index contributed by atoms with van der Waals surface area (Å²) in [6, 6.07) is 5.47. The number of furan rings is 1. The Labute approximate surface area is 144 Å². The molecule has 0 aliphatic rings. The van der Waals surface area contributed by atoms with Gasteiger partial charge < -0.3 is 9.73 Å². The summed E-state index contributed by atoms with van der Waals surface area (Å²) >= 11 is 0. The van der Waals surface area contributed by atoms with Crippen LogP contribution in [0.2, 0.25) is 0 Å². The largest absolute Gasteiger partial charge is 0.442 e. The van der Waals surface area contributed by atoms with E-state index in [1.807, 2.05) is 32.0 Å². The molecule has 1 N–H and O–H groups in total. The van der Waals surface area contributed by atoms with E-state index in [9.17, 15) is 9.59 Å². The Morgan fingerprint density at radius 2 is 2.12 bits per heavy atom. The lowest BCUT2D eigenvalue weighted by Gasteiger charge is -2.08. The highest BCUT2D eigenvalue weighted by molar-refractivity contribution is 6.06. The molecule has 0 unspecified atom stereocenters. The molecule has 130 valence electrons. The molecule has 25 heavy (non-hydrogen) atoms. The number of hydrogen-bond acceptors (Lipinski definition) is 5. The molecule has 1 amide bonds.